The number of ether oxygens (including phenoxy) is 1. The Balaban J connectivity index is 1.97. The van der Waals surface area contributed by atoms with Crippen molar-refractivity contribution in [2.24, 2.45) is 7.05 Å². The Morgan fingerprint density at radius 1 is 1.35 bits per heavy atom. The third-order valence-corrected chi connectivity index (χ3v) is 4.61. The van der Waals surface area contributed by atoms with Crippen molar-refractivity contribution in [3.8, 4) is 5.88 Å². The Bertz CT molecular complexity index is 503. The highest BCUT2D eigenvalue weighted by Gasteiger charge is 2.24. The van der Waals surface area contributed by atoms with Crippen molar-refractivity contribution in [3.63, 3.8) is 0 Å². The van der Waals surface area contributed by atoms with Crippen LogP contribution in [0.15, 0.2) is 12.7 Å². The molecule has 6 nitrogen and oxygen atoms in total. The molecule has 23 heavy (non-hydrogen) atoms. The van der Waals surface area contributed by atoms with E-state index in [-0.39, 0.29) is 6.61 Å². The van der Waals surface area contributed by atoms with E-state index in [1.54, 1.807) is 6.08 Å². The first kappa shape index (κ1) is 18.0. The van der Waals surface area contributed by atoms with Gasteiger partial charge >= 0.3 is 0 Å². The van der Waals surface area contributed by atoms with Gasteiger partial charge in [0.2, 0.25) is 5.88 Å². The third kappa shape index (κ3) is 4.34. The summed E-state index contributed by atoms with van der Waals surface area (Å²) in [6.07, 6.45) is 2.75. The number of rotatable bonds is 8. The highest BCUT2D eigenvalue weighted by atomic mass is 16.5. The Kier molecular flexibility index (Phi) is 6.62. The predicted molar refractivity (Wildman–Crippen MR) is 91.7 cm³/mol. The molecule has 0 aliphatic carbocycles. The van der Waals surface area contributed by atoms with E-state index in [1.807, 2.05) is 18.7 Å². The van der Waals surface area contributed by atoms with Crippen LogP contribution in [0.3, 0.4) is 0 Å². The van der Waals surface area contributed by atoms with Gasteiger partial charge in [-0.05, 0) is 13.3 Å². The lowest BCUT2D eigenvalue weighted by atomic mass is 10.1. The molecule has 0 amide bonds. The van der Waals surface area contributed by atoms with Crippen molar-refractivity contribution < 1.29 is 9.84 Å². The largest absolute Gasteiger partial charge is 0.473 e. The summed E-state index contributed by atoms with van der Waals surface area (Å²) in [4.78, 5) is 4.83. The second-order valence-electron chi connectivity index (χ2n) is 6.15. The van der Waals surface area contributed by atoms with Gasteiger partial charge in [-0.2, -0.15) is 5.10 Å². The number of hydrogen-bond acceptors (Lipinski definition) is 5. The van der Waals surface area contributed by atoms with Gasteiger partial charge in [0.05, 0.1) is 17.9 Å². The Morgan fingerprint density at radius 3 is 2.61 bits per heavy atom. The van der Waals surface area contributed by atoms with Crippen LogP contribution in [0.5, 0.6) is 5.88 Å². The molecule has 0 aromatic carbocycles. The molecule has 0 saturated carbocycles. The van der Waals surface area contributed by atoms with Crippen molar-refractivity contribution in [2.75, 3.05) is 39.4 Å². The van der Waals surface area contributed by atoms with E-state index in [9.17, 15) is 5.11 Å². The number of nitrogens with zero attached hydrogens (tertiary/aromatic N) is 4. The SMILES string of the molecule is C=CCOc1c(CN2CCN(C(CC)CO)CC2)c(C)nn1C. The number of aliphatic hydroxyl groups is 1. The highest BCUT2D eigenvalue weighted by molar-refractivity contribution is 5.31. The first-order valence-electron chi connectivity index (χ1n) is 8.44. The summed E-state index contributed by atoms with van der Waals surface area (Å²) < 4.78 is 7.59. The quantitative estimate of drug-likeness (QED) is 0.729. The minimum atomic E-state index is 0.248. The maximum Gasteiger partial charge on any atom is 0.216 e. The summed E-state index contributed by atoms with van der Waals surface area (Å²) in [5.41, 5.74) is 2.19. The van der Waals surface area contributed by atoms with Crippen LogP contribution in [0.1, 0.15) is 24.6 Å². The van der Waals surface area contributed by atoms with Crippen LogP contribution in [0.4, 0.5) is 0 Å². The van der Waals surface area contributed by atoms with E-state index in [1.165, 1.54) is 0 Å². The molecule has 1 saturated heterocycles. The highest BCUT2D eigenvalue weighted by Crippen LogP contribution is 2.24. The summed E-state index contributed by atoms with van der Waals surface area (Å²) in [5.74, 6) is 0.839. The lowest BCUT2D eigenvalue weighted by Gasteiger charge is -2.38. The number of aliphatic hydroxyl groups excluding tert-OH is 1. The Hall–Kier alpha value is -1.37. The molecule has 6 heteroatoms. The van der Waals surface area contributed by atoms with Crippen molar-refractivity contribution in [3.05, 3.63) is 23.9 Å². The summed E-state index contributed by atoms with van der Waals surface area (Å²) in [6, 6.07) is 0.295. The van der Waals surface area contributed by atoms with E-state index in [0.717, 1.165) is 56.3 Å². The first-order valence-corrected chi connectivity index (χ1v) is 8.44. The molecule has 0 bridgehead atoms. The normalized spacial score (nSPS) is 18.1. The average molecular weight is 322 g/mol. The summed E-state index contributed by atoms with van der Waals surface area (Å²) in [5, 5.41) is 13.9. The minimum absolute atomic E-state index is 0.248. The van der Waals surface area contributed by atoms with Crippen molar-refractivity contribution in [2.45, 2.75) is 32.9 Å². The number of aryl methyl sites for hydroxylation is 2. The van der Waals surface area contributed by atoms with Crippen molar-refractivity contribution >= 4 is 0 Å². The second kappa shape index (κ2) is 8.47. The molecule has 2 heterocycles. The summed E-state index contributed by atoms with van der Waals surface area (Å²) in [6.45, 7) is 13.5. The van der Waals surface area contributed by atoms with Crippen LogP contribution in [0, 0.1) is 6.92 Å². The van der Waals surface area contributed by atoms with E-state index < -0.39 is 0 Å². The zero-order valence-electron chi connectivity index (χ0n) is 14.7. The standard InChI is InChI=1S/C17H30N4O2/c1-5-11-23-17-16(14(3)18-19(17)4)12-20-7-9-21(10-8-20)15(6-2)13-22/h5,15,22H,1,6-13H2,2-4H3. The first-order chi connectivity index (χ1) is 11.1. The van der Waals surface area contributed by atoms with Gasteiger partial charge in [0.25, 0.3) is 0 Å². The molecule has 1 unspecified atom stereocenters. The van der Waals surface area contributed by atoms with Gasteiger partial charge in [0, 0.05) is 45.8 Å². The molecule has 1 N–H and O–H groups in total. The molecule has 1 aliphatic rings. The lowest BCUT2D eigenvalue weighted by Crippen LogP contribution is -2.50. The van der Waals surface area contributed by atoms with Crippen molar-refractivity contribution in [1.82, 2.24) is 19.6 Å². The van der Waals surface area contributed by atoms with Crippen LogP contribution in [0.2, 0.25) is 0 Å². The molecule has 1 aromatic rings. The molecule has 0 radical (unpaired) electrons. The zero-order valence-corrected chi connectivity index (χ0v) is 14.7. The molecule has 2 rings (SSSR count). The van der Waals surface area contributed by atoms with Gasteiger partial charge in [-0.1, -0.05) is 19.6 Å². The zero-order chi connectivity index (χ0) is 16.8. The van der Waals surface area contributed by atoms with E-state index in [4.69, 9.17) is 4.74 Å². The van der Waals surface area contributed by atoms with Gasteiger partial charge in [-0.15, -0.1) is 0 Å². The van der Waals surface area contributed by atoms with E-state index in [2.05, 4.69) is 28.4 Å². The number of piperazine rings is 1. The molecule has 1 aliphatic heterocycles. The fraction of sp³-hybridized carbons (Fsp3) is 0.706. The van der Waals surface area contributed by atoms with Crippen LogP contribution < -0.4 is 4.74 Å². The van der Waals surface area contributed by atoms with E-state index >= 15 is 0 Å². The maximum atomic E-state index is 9.45. The van der Waals surface area contributed by atoms with Crippen molar-refractivity contribution in [1.29, 1.82) is 0 Å². The second-order valence-corrected chi connectivity index (χ2v) is 6.15. The predicted octanol–water partition coefficient (Wildman–Crippen LogP) is 1.18. The van der Waals surface area contributed by atoms with E-state index in [0.29, 0.717) is 12.6 Å². The molecule has 0 spiro atoms. The molecular weight excluding hydrogens is 292 g/mol. The Labute approximate surface area is 139 Å². The smallest absolute Gasteiger partial charge is 0.216 e. The van der Waals surface area contributed by atoms with Gasteiger partial charge in [-0.25, -0.2) is 4.68 Å². The lowest BCUT2D eigenvalue weighted by molar-refractivity contribution is 0.0604. The van der Waals surface area contributed by atoms with Crippen LogP contribution >= 0.6 is 0 Å². The van der Waals surface area contributed by atoms with Crippen LogP contribution in [-0.4, -0.2) is 70.1 Å². The van der Waals surface area contributed by atoms with Gasteiger partial charge in [-0.3, -0.25) is 9.80 Å². The fourth-order valence-electron chi connectivity index (χ4n) is 3.19. The third-order valence-electron chi connectivity index (χ3n) is 4.61. The van der Waals surface area contributed by atoms with Crippen LogP contribution in [-0.2, 0) is 13.6 Å². The fourth-order valence-corrected chi connectivity index (χ4v) is 3.19. The minimum Gasteiger partial charge on any atom is -0.473 e. The summed E-state index contributed by atoms with van der Waals surface area (Å²) >= 11 is 0. The maximum absolute atomic E-state index is 9.45. The van der Waals surface area contributed by atoms with Gasteiger partial charge in [0.1, 0.15) is 6.61 Å². The molecule has 130 valence electrons. The molecular formula is C17H30N4O2. The topological polar surface area (TPSA) is 53.8 Å². The molecule has 1 fully saturated rings. The average Bonchev–Trinajstić information content (AvgIpc) is 2.82. The number of hydrogen-bond donors (Lipinski definition) is 1. The van der Waals surface area contributed by atoms with Gasteiger partial charge < -0.3 is 9.84 Å². The Morgan fingerprint density at radius 2 is 2.04 bits per heavy atom. The number of aromatic nitrogens is 2. The monoisotopic (exact) mass is 322 g/mol. The molecule has 1 atom stereocenters. The summed E-state index contributed by atoms with van der Waals surface area (Å²) in [7, 11) is 1.92. The van der Waals surface area contributed by atoms with Gasteiger partial charge in [0.15, 0.2) is 0 Å². The molecule has 1 aromatic heterocycles. The van der Waals surface area contributed by atoms with Crippen LogP contribution in [0.25, 0.3) is 0 Å².